The van der Waals surface area contributed by atoms with Crippen molar-refractivity contribution in [3.05, 3.63) is 109 Å². The van der Waals surface area contributed by atoms with Crippen molar-refractivity contribution in [1.82, 2.24) is 9.55 Å². The van der Waals surface area contributed by atoms with E-state index in [0.717, 1.165) is 16.9 Å². The standard InChI is InChI=1S/C29H18N2S/c1-3-13-26-21(10-1)23-17-24-22-11-2-4-14-28(22)32-29(24)18-27(23)31(26)20-9-7-8-19(16-20)25-12-5-6-15-30-25/h1-18H. The van der Waals surface area contributed by atoms with Gasteiger partial charge < -0.3 is 4.57 Å². The van der Waals surface area contributed by atoms with E-state index in [1.165, 1.54) is 42.0 Å². The van der Waals surface area contributed by atoms with Gasteiger partial charge in [-0.1, -0.05) is 54.6 Å². The van der Waals surface area contributed by atoms with Crippen LogP contribution in [0.4, 0.5) is 0 Å². The Kier molecular flexibility index (Phi) is 3.75. The predicted octanol–water partition coefficient (Wildman–Crippen LogP) is 8.21. The molecule has 0 aliphatic rings. The number of aromatic nitrogens is 2. The van der Waals surface area contributed by atoms with E-state index in [9.17, 15) is 0 Å². The van der Waals surface area contributed by atoms with Crippen LogP contribution in [0.5, 0.6) is 0 Å². The molecule has 0 spiro atoms. The molecule has 0 bridgehead atoms. The zero-order chi connectivity index (χ0) is 21.1. The topological polar surface area (TPSA) is 17.8 Å². The van der Waals surface area contributed by atoms with Crippen LogP contribution in [0.15, 0.2) is 109 Å². The summed E-state index contributed by atoms with van der Waals surface area (Å²) >= 11 is 1.87. The summed E-state index contributed by atoms with van der Waals surface area (Å²) in [7, 11) is 0. The SMILES string of the molecule is c1ccc(-c2cccc(-n3c4ccccc4c4cc5c(cc43)sc3ccccc35)c2)nc1. The van der Waals surface area contributed by atoms with E-state index in [0.29, 0.717) is 0 Å². The lowest BCUT2D eigenvalue weighted by molar-refractivity contribution is 1.18. The first-order chi connectivity index (χ1) is 15.9. The van der Waals surface area contributed by atoms with Crippen molar-refractivity contribution >= 4 is 53.3 Å². The Morgan fingerprint density at radius 1 is 0.562 bits per heavy atom. The highest BCUT2D eigenvalue weighted by atomic mass is 32.1. The van der Waals surface area contributed by atoms with Crippen molar-refractivity contribution < 1.29 is 0 Å². The fourth-order valence-electron chi connectivity index (χ4n) is 4.80. The number of hydrogen-bond donors (Lipinski definition) is 0. The molecule has 0 radical (unpaired) electrons. The van der Waals surface area contributed by atoms with E-state index in [4.69, 9.17) is 0 Å². The van der Waals surface area contributed by atoms with Crippen LogP contribution in [0, 0.1) is 0 Å². The van der Waals surface area contributed by atoms with Gasteiger partial charge in [0.2, 0.25) is 0 Å². The first-order valence-electron chi connectivity index (χ1n) is 10.7. The summed E-state index contributed by atoms with van der Waals surface area (Å²) in [6, 6.07) is 36.9. The van der Waals surface area contributed by atoms with E-state index in [1.807, 2.05) is 29.7 Å². The number of hydrogen-bond acceptors (Lipinski definition) is 2. The Hall–Kier alpha value is -3.95. The second kappa shape index (κ2) is 6.78. The summed E-state index contributed by atoms with van der Waals surface area (Å²) in [4.78, 5) is 4.55. The second-order valence-electron chi connectivity index (χ2n) is 8.08. The van der Waals surface area contributed by atoms with Crippen molar-refractivity contribution in [3.63, 3.8) is 0 Å². The molecule has 0 unspecified atom stereocenters. The van der Waals surface area contributed by atoms with Crippen molar-refractivity contribution in [1.29, 1.82) is 0 Å². The Labute approximate surface area is 189 Å². The van der Waals surface area contributed by atoms with Gasteiger partial charge in [-0.05, 0) is 48.5 Å². The van der Waals surface area contributed by atoms with Crippen LogP contribution >= 0.6 is 11.3 Å². The number of benzene rings is 4. The number of rotatable bonds is 2. The molecule has 7 rings (SSSR count). The largest absolute Gasteiger partial charge is 0.309 e. The summed E-state index contributed by atoms with van der Waals surface area (Å²) in [5.41, 5.74) is 5.73. The zero-order valence-corrected chi connectivity index (χ0v) is 18.0. The van der Waals surface area contributed by atoms with Gasteiger partial charge >= 0.3 is 0 Å². The zero-order valence-electron chi connectivity index (χ0n) is 17.2. The number of para-hydroxylation sites is 1. The number of pyridine rings is 1. The normalized spacial score (nSPS) is 11.8. The van der Waals surface area contributed by atoms with Gasteiger partial charge in [-0.3, -0.25) is 4.98 Å². The van der Waals surface area contributed by atoms with E-state index in [2.05, 4.69) is 101 Å². The van der Waals surface area contributed by atoms with Gasteiger partial charge in [0, 0.05) is 48.4 Å². The molecule has 3 aromatic heterocycles. The van der Waals surface area contributed by atoms with E-state index >= 15 is 0 Å². The maximum Gasteiger partial charge on any atom is 0.0702 e. The lowest BCUT2D eigenvalue weighted by Crippen LogP contribution is -1.94. The van der Waals surface area contributed by atoms with Gasteiger partial charge in [0.25, 0.3) is 0 Å². The first kappa shape index (κ1) is 17.7. The first-order valence-corrected chi connectivity index (χ1v) is 11.5. The van der Waals surface area contributed by atoms with Crippen LogP contribution in [-0.4, -0.2) is 9.55 Å². The van der Waals surface area contributed by atoms with Crippen molar-refractivity contribution in [2.75, 3.05) is 0 Å². The highest BCUT2D eigenvalue weighted by molar-refractivity contribution is 7.25. The van der Waals surface area contributed by atoms with Crippen LogP contribution in [-0.2, 0) is 0 Å². The molecule has 150 valence electrons. The quantitative estimate of drug-likeness (QED) is 0.272. The third kappa shape index (κ3) is 2.55. The Balaban J connectivity index is 1.57. The number of thiophene rings is 1. The Morgan fingerprint density at radius 2 is 1.41 bits per heavy atom. The highest BCUT2D eigenvalue weighted by Gasteiger charge is 2.15. The smallest absolute Gasteiger partial charge is 0.0702 e. The molecule has 3 heterocycles. The van der Waals surface area contributed by atoms with E-state index in [1.54, 1.807) is 0 Å². The number of fused-ring (bicyclic) bond motifs is 6. The van der Waals surface area contributed by atoms with Crippen LogP contribution in [0.3, 0.4) is 0 Å². The van der Waals surface area contributed by atoms with Gasteiger partial charge in [-0.2, -0.15) is 0 Å². The molecule has 4 aromatic carbocycles. The highest BCUT2D eigenvalue weighted by Crippen LogP contribution is 2.40. The molecular formula is C29H18N2S. The van der Waals surface area contributed by atoms with Crippen LogP contribution in [0.25, 0.3) is 58.9 Å². The maximum atomic E-state index is 4.55. The van der Waals surface area contributed by atoms with E-state index < -0.39 is 0 Å². The summed E-state index contributed by atoms with van der Waals surface area (Å²) in [5, 5.41) is 5.24. The average molecular weight is 427 g/mol. The summed E-state index contributed by atoms with van der Waals surface area (Å²) < 4.78 is 5.05. The number of nitrogens with zero attached hydrogens (tertiary/aromatic N) is 2. The van der Waals surface area contributed by atoms with Crippen LogP contribution in [0.2, 0.25) is 0 Å². The van der Waals surface area contributed by atoms with Gasteiger partial charge in [0.15, 0.2) is 0 Å². The molecule has 0 saturated carbocycles. The van der Waals surface area contributed by atoms with Crippen LogP contribution < -0.4 is 0 Å². The van der Waals surface area contributed by atoms with Gasteiger partial charge in [0.1, 0.15) is 0 Å². The summed E-state index contributed by atoms with van der Waals surface area (Å²) in [6.07, 6.45) is 1.85. The third-order valence-corrected chi connectivity index (χ3v) is 7.37. The molecule has 32 heavy (non-hydrogen) atoms. The minimum absolute atomic E-state index is 0.988. The van der Waals surface area contributed by atoms with Gasteiger partial charge in [-0.15, -0.1) is 11.3 Å². The third-order valence-electron chi connectivity index (χ3n) is 6.24. The molecule has 7 aromatic rings. The Morgan fingerprint density at radius 3 is 2.31 bits per heavy atom. The predicted molar refractivity (Wildman–Crippen MR) is 137 cm³/mol. The molecule has 0 aliphatic heterocycles. The van der Waals surface area contributed by atoms with Crippen molar-refractivity contribution in [2.24, 2.45) is 0 Å². The molecule has 0 N–H and O–H groups in total. The lowest BCUT2D eigenvalue weighted by Gasteiger charge is -2.10. The summed E-state index contributed by atoms with van der Waals surface area (Å²) in [5.74, 6) is 0. The van der Waals surface area contributed by atoms with Gasteiger partial charge in [0.05, 0.1) is 16.7 Å². The average Bonchev–Trinajstić information content (AvgIpc) is 3.38. The second-order valence-corrected chi connectivity index (χ2v) is 9.17. The molecule has 2 nitrogen and oxygen atoms in total. The summed E-state index contributed by atoms with van der Waals surface area (Å²) in [6.45, 7) is 0. The maximum absolute atomic E-state index is 4.55. The molecular weight excluding hydrogens is 408 g/mol. The molecule has 3 heteroatoms. The molecule has 0 amide bonds. The monoisotopic (exact) mass is 426 g/mol. The fraction of sp³-hybridized carbons (Fsp3) is 0. The molecule has 0 fully saturated rings. The molecule has 0 aliphatic carbocycles. The molecule has 0 atom stereocenters. The minimum atomic E-state index is 0.988. The van der Waals surface area contributed by atoms with Gasteiger partial charge in [-0.25, -0.2) is 0 Å². The molecule has 0 saturated heterocycles. The minimum Gasteiger partial charge on any atom is -0.309 e. The lowest BCUT2D eigenvalue weighted by atomic mass is 10.1. The van der Waals surface area contributed by atoms with E-state index in [-0.39, 0.29) is 0 Å². The fourth-order valence-corrected chi connectivity index (χ4v) is 5.92. The van der Waals surface area contributed by atoms with Crippen molar-refractivity contribution in [3.8, 4) is 16.9 Å². The Bertz CT molecular complexity index is 1770. The van der Waals surface area contributed by atoms with Crippen molar-refractivity contribution in [2.45, 2.75) is 0 Å². The van der Waals surface area contributed by atoms with Crippen LogP contribution in [0.1, 0.15) is 0 Å².